The van der Waals surface area contributed by atoms with Gasteiger partial charge in [0.1, 0.15) is 0 Å². The zero-order valence-electron chi connectivity index (χ0n) is 22.7. The molecule has 2 aromatic rings. The monoisotopic (exact) mass is 539 g/mol. The maximum Gasteiger partial charge on any atom is 0.433 e. The quantitative estimate of drug-likeness (QED) is 0.507. The molecule has 2 unspecified atom stereocenters. The summed E-state index contributed by atoms with van der Waals surface area (Å²) in [6.07, 6.45) is 4.34. The Morgan fingerprint density at radius 3 is 2.39 bits per heavy atom. The van der Waals surface area contributed by atoms with E-state index in [1.54, 1.807) is 16.2 Å². The first kappa shape index (κ1) is 26.9. The van der Waals surface area contributed by atoms with E-state index >= 15 is 0 Å². The molecular formula is C29H38ClN5O3. The van der Waals surface area contributed by atoms with Crippen LogP contribution in [0.3, 0.4) is 0 Å². The summed E-state index contributed by atoms with van der Waals surface area (Å²) in [5.41, 5.74) is 4.29. The van der Waals surface area contributed by atoms with E-state index in [0.29, 0.717) is 23.4 Å². The Labute approximate surface area is 230 Å². The highest BCUT2D eigenvalue weighted by molar-refractivity contribution is 6.31. The molecule has 1 aromatic carbocycles. The van der Waals surface area contributed by atoms with Crippen molar-refractivity contribution in [1.82, 2.24) is 19.8 Å². The van der Waals surface area contributed by atoms with Gasteiger partial charge in [-0.25, -0.2) is 4.79 Å². The van der Waals surface area contributed by atoms with Crippen molar-refractivity contribution < 1.29 is 14.4 Å². The normalized spacial score (nSPS) is 21.6. The molecule has 9 heteroatoms. The highest BCUT2D eigenvalue weighted by atomic mass is 35.5. The lowest BCUT2D eigenvalue weighted by Crippen LogP contribution is -2.39. The number of rotatable bonds is 7. The molecule has 0 N–H and O–H groups in total. The minimum Gasteiger partial charge on any atom is -0.351 e. The fraction of sp³-hybridized carbons (Fsp3) is 0.552. The van der Waals surface area contributed by atoms with Gasteiger partial charge in [0.15, 0.2) is 0 Å². The van der Waals surface area contributed by atoms with Crippen LogP contribution in [0.1, 0.15) is 46.4 Å². The number of nitrogens with zero attached hydrogens (tertiary/aromatic N) is 5. The summed E-state index contributed by atoms with van der Waals surface area (Å²) in [5, 5.41) is 2.40. The zero-order chi connectivity index (χ0) is 26.8. The lowest BCUT2D eigenvalue weighted by atomic mass is 10.0. The van der Waals surface area contributed by atoms with Crippen LogP contribution in [0.2, 0.25) is 5.02 Å². The number of amides is 2. The first-order valence-corrected chi connectivity index (χ1v) is 14.1. The molecule has 204 valence electrons. The van der Waals surface area contributed by atoms with Crippen LogP contribution in [0.25, 0.3) is 0 Å². The van der Waals surface area contributed by atoms with Crippen LogP contribution in [-0.4, -0.2) is 84.2 Å². The van der Waals surface area contributed by atoms with Gasteiger partial charge in [-0.1, -0.05) is 17.7 Å². The van der Waals surface area contributed by atoms with Crippen molar-refractivity contribution in [3.8, 4) is 0 Å². The Kier molecular flexibility index (Phi) is 8.21. The van der Waals surface area contributed by atoms with E-state index in [1.807, 2.05) is 49.9 Å². The summed E-state index contributed by atoms with van der Waals surface area (Å²) in [6, 6.07) is 7.63. The fourth-order valence-corrected chi connectivity index (χ4v) is 6.26. The average molecular weight is 540 g/mol. The van der Waals surface area contributed by atoms with E-state index < -0.39 is 0 Å². The van der Waals surface area contributed by atoms with Gasteiger partial charge in [0, 0.05) is 62.7 Å². The predicted octanol–water partition coefficient (Wildman–Crippen LogP) is 4.71. The van der Waals surface area contributed by atoms with Crippen molar-refractivity contribution in [1.29, 1.82) is 0 Å². The first-order chi connectivity index (χ1) is 18.3. The van der Waals surface area contributed by atoms with Crippen LogP contribution in [0.5, 0.6) is 0 Å². The third-order valence-electron chi connectivity index (χ3n) is 8.23. The second kappa shape index (κ2) is 11.6. The standard InChI is InChI=1S/C29H38ClN5O3/c1-20-7-8-25(15-26(20)30)35(29(37)38-34-12-4-5-13-34)14-6-11-32-16-23-18-33(19-24(23)17-32)28(36)27-21(2)9-10-31-22(27)3/h7-10,15,23-24H,4-6,11-14,16-19H2,1-3H3. The van der Waals surface area contributed by atoms with Gasteiger partial charge in [0.25, 0.3) is 5.91 Å². The SMILES string of the molecule is Cc1ccc(N(CCCN2CC3CN(C(=O)c4c(C)ccnc4C)CC3C2)C(=O)ON2CCCC2)cc1Cl. The number of fused-ring (bicyclic) bond motifs is 1. The Balaban J connectivity index is 1.15. The van der Waals surface area contributed by atoms with Gasteiger partial charge < -0.3 is 14.6 Å². The lowest BCUT2D eigenvalue weighted by molar-refractivity contribution is -0.0771. The summed E-state index contributed by atoms with van der Waals surface area (Å²) in [4.78, 5) is 42.6. The Morgan fingerprint density at radius 2 is 1.74 bits per heavy atom. The number of halogens is 1. The van der Waals surface area contributed by atoms with Crippen LogP contribution >= 0.6 is 11.6 Å². The minimum atomic E-state index is -0.347. The van der Waals surface area contributed by atoms with Gasteiger partial charge in [0.05, 0.1) is 11.3 Å². The van der Waals surface area contributed by atoms with Gasteiger partial charge in [-0.2, -0.15) is 0 Å². The summed E-state index contributed by atoms with van der Waals surface area (Å²) in [5.74, 6) is 1.09. The van der Waals surface area contributed by atoms with Crippen molar-refractivity contribution in [3.63, 3.8) is 0 Å². The van der Waals surface area contributed by atoms with E-state index in [-0.39, 0.29) is 12.0 Å². The molecule has 1 aromatic heterocycles. The second-order valence-corrected chi connectivity index (χ2v) is 11.4. The molecule has 0 bridgehead atoms. The minimum absolute atomic E-state index is 0.109. The average Bonchev–Trinajstić information content (AvgIpc) is 3.61. The molecule has 0 radical (unpaired) electrons. The van der Waals surface area contributed by atoms with Gasteiger partial charge >= 0.3 is 6.09 Å². The highest BCUT2D eigenvalue weighted by Gasteiger charge is 2.42. The number of benzene rings is 1. The van der Waals surface area contributed by atoms with E-state index in [4.69, 9.17) is 16.4 Å². The number of carbonyl (C=O) groups excluding carboxylic acids is 2. The summed E-state index contributed by atoms with van der Waals surface area (Å²) >= 11 is 6.39. The summed E-state index contributed by atoms with van der Waals surface area (Å²) in [7, 11) is 0. The predicted molar refractivity (Wildman–Crippen MR) is 148 cm³/mol. The molecule has 0 spiro atoms. The molecule has 5 rings (SSSR count). The third-order valence-corrected chi connectivity index (χ3v) is 8.63. The smallest absolute Gasteiger partial charge is 0.351 e. The number of anilines is 1. The fourth-order valence-electron chi connectivity index (χ4n) is 6.08. The number of aromatic nitrogens is 1. The number of hydroxylamine groups is 2. The van der Waals surface area contributed by atoms with Gasteiger partial charge in [0.2, 0.25) is 0 Å². The van der Waals surface area contributed by atoms with Crippen molar-refractivity contribution in [3.05, 3.63) is 57.9 Å². The molecule has 0 aliphatic carbocycles. The maximum absolute atomic E-state index is 13.2. The molecule has 3 saturated heterocycles. The Morgan fingerprint density at radius 1 is 1.03 bits per heavy atom. The van der Waals surface area contributed by atoms with Crippen molar-refractivity contribution in [2.45, 2.75) is 40.0 Å². The molecule has 38 heavy (non-hydrogen) atoms. The van der Waals surface area contributed by atoms with Crippen LogP contribution in [-0.2, 0) is 4.84 Å². The van der Waals surface area contributed by atoms with Gasteiger partial charge in [-0.15, -0.1) is 5.06 Å². The number of pyridine rings is 1. The summed E-state index contributed by atoms with van der Waals surface area (Å²) in [6.45, 7) is 12.4. The molecule has 2 amide bonds. The molecule has 0 saturated carbocycles. The number of hydrogen-bond acceptors (Lipinski definition) is 6. The lowest BCUT2D eigenvalue weighted by Gasteiger charge is -2.26. The number of likely N-dealkylation sites (tertiary alicyclic amines) is 2. The topological polar surface area (TPSA) is 69.2 Å². The molecule has 8 nitrogen and oxygen atoms in total. The van der Waals surface area contributed by atoms with Crippen molar-refractivity contribution in [2.24, 2.45) is 11.8 Å². The summed E-state index contributed by atoms with van der Waals surface area (Å²) < 4.78 is 0. The molecular weight excluding hydrogens is 502 g/mol. The van der Waals surface area contributed by atoms with E-state index in [0.717, 1.165) is 93.1 Å². The van der Waals surface area contributed by atoms with Crippen LogP contribution in [0.4, 0.5) is 10.5 Å². The first-order valence-electron chi connectivity index (χ1n) is 13.7. The van der Waals surface area contributed by atoms with E-state index in [2.05, 4.69) is 9.88 Å². The van der Waals surface area contributed by atoms with Crippen LogP contribution < -0.4 is 4.90 Å². The molecule has 3 aliphatic rings. The van der Waals surface area contributed by atoms with E-state index in [1.165, 1.54) is 0 Å². The molecule has 4 heterocycles. The molecule has 3 aliphatic heterocycles. The number of aryl methyl sites for hydroxylation is 3. The Bertz CT molecular complexity index is 1150. The van der Waals surface area contributed by atoms with Gasteiger partial charge in [-0.3, -0.25) is 14.7 Å². The zero-order valence-corrected chi connectivity index (χ0v) is 23.4. The highest BCUT2D eigenvalue weighted by Crippen LogP contribution is 2.33. The van der Waals surface area contributed by atoms with Gasteiger partial charge in [-0.05, 0) is 87.7 Å². The molecule has 2 atom stereocenters. The molecule has 3 fully saturated rings. The van der Waals surface area contributed by atoms with E-state index in [9.17, 15) is 9.59 Å². The van der Waals surface area contributed by atoms with Crippen molar-refractivity contribution in [2.75, 3.05) is 57.3 Å². The number of hydrogen-bond donors (Lipinski definition) is 0. The van der Waals surface area contributed by atoms with Crippen LogP contribution in [0.15, 0.2) is 30.5 Å². The van der Waals surface area contributed by atoms with Crippen molar-refractivity contribution >= 4 is 29.3 Å². The second-order valence-electron chi connectivity index (χ2n) is 11.0. The maximum atomic E-state index is 13.2. The third kappa shape index (κ3) is 5.82. The Hall–Kier alpha value is -2.68. The largest absolute Gasteiger partial charge is 0.433 e. The number of carbonyl (C=O) groups is 2. The van der Waals surface area contributed by atoms with Crippen LogP contribution in [0, 0.1) is 32.6 Å².